The summed E-state index contributed by atoms with van der Waals surface area (Å²) in [6, 6.07) is 0.577. The van der Waals surface area contributed by atoms with Gasteiger partial charge in [0.1, 0.15) is 0 Å². The topological polar surface area (TPSA) is 38.5 Å². The number of unbranched alkanes of at least 4 members (excludes halogenated alkanes) is 2. The first-order valence-corrected chi connectivity index (χ1v) is 7.21. The molecule has 1 rings (SSSR count). The summed E-state index contributed by atoms with van der Waals surface area (Å²) < 4.78 is 5.50. The molecule has 0 saturated carbocycles. The average molecular weight is 242 g/mol. The summed E-state index contributed by atoms with van der Waals surface area (Å²) in [5.41, 5.74) is 6.28. The van der Waals surface area contributed by atoms with Crippen LogP contribution < -0.4 is 5.73 Å². The highest BCUT2D eigenvalue weighted by atomic mass is 16.5. The van der Waals surface area contributed by atoms with Gasteiger partial charge in [-0.15, -0.1) is 0 Å². The van der Waals surface area contributed by atoms with E-state index in [1.54, 1.807) is 0 Å². The van der Waals surface area contributed by atoms with E-state index in [0.717, 1.165) is 32.6 Å². The van der Waals surface area contributed by atoms with Gasteiger partial charge in [0.05, 0.1) is 0 Å². The fourth-order valence-corrected chi connectivity index (χ4v) is 2.94. The van der Waals surface area contributed by atoms with Crippen LogP contribution in [0.25, 0.3) is 0 Å². The van der Waals surface area contributed by atoms with Crippen LogP contribution in [0.4, 0.5) is 0 Å². The van der Waals surface area contributed by atoms with Crippen molar-refractivity contribution in [3.05, 3.63) is 0 Å². The zero-order valence-electron chi connectivity index (χ0n) is 11.9. The predicted molar refractivity (Wildman–Crippen MR) is 73.2 cm³/mol. The largest absolute Gasteiger partial charge is 0.381 e. The van der Waals surface area contributed by atoms with Crippen molar-refractivity contribution in [2.45, 2.75) is 64.5 Å². The lowest BCUT2D eigenvalue weighted by atomic mass is 9.86. The monoisotopic (exact) mass is 242 g/mol. The quantitative estimate of drug-likeness (QED) is 0.697. The summed E-state index contributed by atoms with van der Waals surface area (Å²) in [5, 5.41) is 0. The molecular weight excluding hydrogens is 212 g/mol. The first-order chi connectivity index (χ1) is 8.16. The Hall–Kier alpha value is -0.120. The highest BCUT2D eigenvalue weighted by Gasteiger charge is 2.38. The van der Waals surface area contributed by atoms with Crippen molar-refractivity contribution in [1.82, 2.24) is 4.90 Å². The zero-order valence-corrected chi connectivity index (χ0v) is 11.9. The van der Waals surface area contributed by atoms with E-state index >= 15 is 0 Å². The first-order valence-electron chi connectivity index (χ1n) is 7.21. The summed E-state index contributed by atoms with van der Waals surface area (Å²) in [7, 11) is 0. The fraction of sp³-hybridized carbons (Fsp3) is 1.00. The first kappa shape index (κ1) is 14.9. The number of nitrogens with zero attached hydrogens (tertiary/aromatic N) is 1. The van der Waals surface area contributed by atoms with Gasteiger partial charge in [-0.05, 0) is 39.7 Å². The Morgan fingerprint density at radius 3 is 2.35 bits per heavy atom. The van der Waals surface area contributed by atoms with Crippen LogP contribution in [0.1, 0.15) is 52.9 Å². The van der Waals surface area contributed by atoms with Gasteiger partial charge in [-0.3, -0.25) is 4.90 Å². The summed E-state index contributed by atoms with van der Waals surface area (Å²) in [6.45, 7) is 10.5. The molecule has 17 heavy (non-hydrogen) atoms. The maximum atomic E-state index is 6.08. The van der Waals surface area contributed by atoms with Crippen LogP contribution in [-0.2, 0) is 4.74 Å². The van der Waals surface area contributed by atoms with E-state index in [1.807, 2.05) is 0 Å². The van der Waals surface area contributed by atoms with Crippen LogP contribution in [0, 0.1) is 0 Å². The lowest BCUT2D eigenvalue weighted by Gasteiger charge is -2.48. The molecule has 0 amide bonds. The van der Waals surface area contributed by atoms with Crippen LogP contribution in [0.5, 0.6) is 0 Å². The summed E-state index contributed by atoms with van der Waals surface area (Å²) >= 11 is 0. The molecule has 1 heterocycles. The number of hydrogen-bond acceptors (Lipinski definition) is 3. The summed E-state index contributed by atoms with van der Waals surface area (Å²) in [4.78, 5) is 2.63. The number of nitrogens with two attached hydrogens (primary N) is 1. The molecule has 3 nitrogen and oxygen atoms in total. The van der Waals surface area contributed by atoms with Gasteiger partial charge in [0, 0.05) is 31.3 Å². The molecule has 1 fully saturated rings. The SMILES string of the molecule is CCCCCN(C(C)C)C1(CN)CCOCC1. The van der Waals surface area contributed by atoms with Crippen molar-refractivity contribution < 1.29 is 4.74 Å². The molecule has 0 unspecified atom stereocenters. The van der Waals surface area contributed by atoms with Gasteiger partial charge in [-0.2, -0.15) is 0 Å². The van der Waals surface area contributed by atoms with E-state index < -0.39 is 0 Å². The van der Waals surface area contributed by atoms with E-state index in [1.165, 1.54) is 25.8 Å². The van der Waals surface area contributed by atoms with Crippen LogP contribution >= 0.6 is 0 Å². The van der Waals surface area contributed by atoms with E-state index in [4.69, 9.17) is 10.5 Å². The highest BCUT2D eigenvalue weighted by Crippen LogP contribution is 2.29. The average Bonchev–Trinajstić information content (AvgIpc) is 2.35. The Morgan fingerprint density at radius 2 is 1.88 bits per heavy atom. The van der Waals surface area contributed by atoms with Crippen LogP contribution in [0.2, 0.25) is 0 Å². The Labute approximate surface area is 107 Å². The molecule has 1 aliphatic rings. The van der Waals surface area contributed by atoms with Crippen molar-refractivity contribution in [2.75, 3.05) is 26.3 Å². The second kappa shape index (κ2) is 7.34. The minimum Gasteiger partial charge on any atom is -0.381 e. The minimum atomic E-state index is 0.195. The van der Waals surface area contributed by atoms with Crippen molar-refractivity contribution in [1.29, 1.82) is 0 Å². The summed E-state index contributed by atoms with van der Waals surface area (Å²) in [6.07, 6.45) is 6.07. The second-order valence-corrected chi connectivity index (χ2v) is 5.54. The lowest BCUT2D eigenvalue weighted by Crippen LogP contribution is -2.59. The van der Waals surface area contributed by atoms with Crippen molar-refractivity contribution in [3.63, 3.8) is 0 Å². The molecule has 3 heteroatoms. The third kappa shape index (κ3) is 3.94. The second-order valence-electron chi connectivity index (χ2n) is 5.54. The van der Waals surface area contributed by atoms with Crippen LogP contribution in [0.3, 0.4) is 0 Å². The van der Waals surface area contributed by atoms with E-state index in [9.17, 15) is 0 Å². The smallest absolute Gasteiger partial charge is 0.0484 e. The molecule has 0 aromatic carbocycles. The van der Waals surface area contributed by atoms with Gasteiger partial charge in [0.25, 0.3) is 0 Å². The molecule has 0 aromatic rings. The molecule has 0 bridgehead atoms. The lowest BCUT2D eigenvalue weighted by molar-refractivity contribution is -0.0384. The van der Waals surface area contributed by atoms with Gasteiger partial charge in [-0.25, -0.2) is 0 Å². The van der Waals surface area contributed by atoms with E-state index in [-0.39, 0.29) is 5.54 Å². The summed E-state index contributed by atoms with van der Waals surface area (Å²) in [5.74, 6) is 0. The molecule has 102 valence electrons. The fourth-order valence-electron chi connectivity index (χ4n) is 2.94. The van der Waals surface area contributed by atoms with Gasteiger partial charge in [0.15, 0.2) is 0 Å². The maximum Gasteiger partial charge on any atom is 0.0484 e. The Balaban J connectivity index is 2.64. The molecule has 0 radical (unpaired) electrons. The minimum absolute atomic E-state index is 0.195. The molecule has 1 saturated heterocycles. The van der Waals surface area contributed by atoms with Gasteiger partial charge in [-0.1, -0.05) is 19.8 Å². The molecule has 2 N–H and O–H groups in total. The molecule has 0 atom stereocenters. The number of hydrogen-bond donors (Lipinski definition) is 1. The van der Waals surface area contributed by atoms with Crippen LogP contribution in [-0.4, -0.2) is 42.8 Å². The third-order valence-corrected chi connectivity index (χ3v) is 4.04. The number of rotatable bonds is 7. The molecule has 0 aromatic heterocycles. The Kier molecular flexibility index (Phi) is 6.45. The molecule has 1 aliphatic heterocycles. The molecule has 0 spiro atoms. The van der Waals surface area contributed by atoms with Crippen molar-refractivity contribution in [3.8, 4) is 0 Å². The number of ether oxygens (including phenoxy) is 1. The van der Waals surface area contributed by atoms with Crippen LogP contribution in [0.15, 0.2) is 0 Å². The maximum absolute atomic E-state index is 6.08. The molecule has 0 aliphatic carbocycles. The Morgan fingerprint density at radius 1 is 1.24 bits per heavy atom. The Bertz CT molecular complexity index is 200. The standard InChI is InChI=1S/C14H30N2O/c1-4-5-6-9-16(13(2)3)14(12-15)7-10-17-11-8-14/h13H,4-12,15H2,1-3H3. The van der Waals surface area contributed by atoms with Crippen molar-refractivity contribution in [2.24, 2.45) is 5.73 Å². The third-order valence-electron chi connectivity index (χ3n) is 4.04. The zero-order chi connectivity index (χ0) is 12.7. The van der Waals surface area contributed by atoms with Gasteiger partial charge < -0.3 is 10.5 Å². The van der Waals surface area contributed by atoms with E-state index in [0.29, 0.717) is 6.04 Å². The molecular formula is C14H30N2O. The predicted octanol–water partition coefficient (Wildman–Crippen LogP) is 2.39. The van der Waals surface area contributed by atoms with Gasteiger partial charge >= 0.3 is 0 Å². The van der Waals surface area contributed by atoms with E-state index in [2.05, 4.69) is 25.7 Å². The van der Waals surface area contributed by atoms with Crippen molar-refractivity contribution >= 4 is 0 Å². The van der Waals surface area contributed by atoms with Gasteiger partial charge in [0.2, 0.25) is 0 Å². The normalized spacial score (nSPS) is 20.1. The highest BCUT2D eigenvalue weighted by molar-refractivity contribution is 4.95.